The summed E-state index contributed by atoms with van der Waals surface area (Å²) in [6, 6.07) is 10.9. The predicted octanol–water partition coefficient (Wildman–Crippen LogP) is 2.10. The van der Waals surface area contributed by atoms with Gasteiger partial charge in [0.1, 0.15) is 0 Å². The highest BCUT2D eigenvalue weighted by atomic mass is 32.1. The molecule has 0 unspecified atom stereocenters. The van der Waals surface area contributed by atoms with E-state index in [2.05, 4.69) is 41.8 Å². The fourth-order valence-electron chi connectivity index (χ4n) is 1.40. The van der Waals surface area contributed by atoms with E-state index in [0.717, 1.165) is 18.0 Å². The zero-order chi connectivity index (χ0) is 11.1. The lowest BCUT2D eigenvalue weighted by Crippen LogP contribution is -2.38. The van der Waals surface area contributed by atoms with E-state index < -0.39 is 0 Å². The van der Waals surface area contributed by atoms with Gasteiger partial charge in [-0.1, -0.05) is 30.3 Å². The molecule has 0 amide bonds. The van der Waals surface area contributed by atoms with E-state index in [4.69, 9.17) is 12.2 Å². The summed E-state index contributed by atoms with van der Waals surface area (Å²) >= 11 is 5.04. The van der Waals surface area contributed by atoms with Gasteiger partial charge < -0.3 is 10.6 Å². The lowest BCUT2D eigenvalue weighted by Gasteiger charge is -2.15. The van der Waals surface area contributed by atoms with Crippen molar-refractivity contribution >= 4 is 17.3 Å². The number of benzene rings is 1. The average molecular weight is 222 g/mol. The summed E-state index contributed by atoms with van der Waals surface area (Å²) in [4.78, 5) is 0. The van der Waals surface area contributed by atoms with Gasteiger partial charge in [0.2, 0.25) is 0 Å². The molecule has 15 heavy (non-hydrogen) atoms. The van der Waals surface area contributed by atoms with Crippen molar-refractivity contribution in [2.24, 2.45) is 0 Å². The second kappa shape index (κ2) is 6.40. The average Bonchev–Trinajstić information content (AvgIpc) is 2.27. The molecule has 82 valence electrons. The largest absolute Gasteiger partial charge is 0.366 e. The number of hydrogen-bond acceptors (Lipinski definition) is 1. The van der Waals surface area contributed by atoms with Gasteiger partial charge in [-0.15, -0.1) is 0 Å². The molecule has 0 aliphatic rings. The Balaban J connectivity index is 2.28. The van der Waals surface area contributed by atoms with Crippen LogP contribution < -0.4 is 10.6 Å². The standard InChI is InChI=1S/C12H18N2S/c1-10(14-12(15)13-2)8-9-11-6-4-3-5-7-11/h3-7,10H,8-9H2,1-2H3,(H2,13,14,15)/t10-/m0/s1. The zero-order valence-electron chi connectivity index (χ0n) is 9.29. The van der Waals surface area contributed by atoms with E-state index in [-0.39, 0.29) is 0 Å². The maximum Gasteiger partial charge on any atom is 0.166 e. The molecule has 0 bridgehead atoms. The first-order chi connectivity index (χ1) is 7.22. The third-order valence-corrected chi connectivity index (χ3v) is 2.64. The number of rotatable bonds is 4. The van der Waals surface area contributed by atoms with Crippen molar-refractivity contribution in [1.29, 1.82) is 0 Å². The maximum atomic E-state index is 5.04. The summed E-state index contributed by atoms with van der Waals surface area (Å²) in [5, 5.41) is 6.85. The predicted molar refractivity (Wildman–Crippen MR) is 69.0 cm³/mol. The van der Waals surface area contributed by atoms with Crippen molar-refractivity contribution in [2.75, 3.05) is 7.05 Å². The molecule has 0 aliphatic heterocycles. The molecule has 0 fully saturated rings. The number of nitrogens with one attached hydrogen (secondary N) is 2. The molecule has 1 atom stereocenters. The summed E-state index contributed by atoms with van der Waals surface area (Å²) in [5.74, 6) is 0. The lowest BCUT2D eigenvalue weighted by molar-refractivity contribution is 0.603. The topological polar surface area (TPSA) is 24.1 Å². The Morgan fingerprint density at radius 3 is 2.60 bits per heavy atom. The molecule has 1 aromatic carbocycles. The molecule has 0 aromatic heterocycles. The molecule has 1 aromatic rings. The molecule has 0 saturated carbocycles. The quantitative estimate of drug-likeness (QED) is 0.763. The number of aryl methyl sites for hydroxylation is 1. The van der Waals surface area contributed by atoms with E-state index in [1.165, 1.54) is 5.56 Å². The summed E-state index contributed by atoms with van der Waals surface area (Å²) in [7, 11) is 1.83. The van der Waals surface area contributed by atoms with Gasteiger partial charge in [-0.3, -0.25) is 0 Å². The van der Waals surface area contributed by atoms with Crippen molar-refractivity contribution in [3.8, 4) is 0 Å². The molecule has 0 radical (unpaired) electrons. The van der Waals surface area contributed by atoms with Crippen LogP contribution in [0.3, 0.4) is 0 Å². The first-order valence-corrected chi connectivity index (χ1v) is 5.65. The van der Waals surface area contributed by atoms with E-state index >= 15 is 0 Å². The van der Waals surface area contributed by atoms with Gasteiger partial charge in [-0.25, -0.2) is 0 Å². The minimum atomic E-state index is 0.408. The van der Waals surface area contributed by atoms with Crippen molar-refractivity contribution < 1.29 is 0 Å². The van der Waals surface area contributed by atoms with Crippen LogP contribution in [0, 0.1) is 0 Å². The maximum absolute atomic E-state index is 5.04. The molecule has 0 saturated heterocycles. The van der Waals surface area contributed by atoms with Crippen LogP contribution in [0.15, 0.2) is 30.3 Å². The Hall–Kier alpha value is -1.09. The minimum Gasteiger partial charge on any atom is -0.366 e. The van der Waals surface area contributed by atoms with Gasteiger partial charge in [-0.2, -0.15) is 0 Å². The Bertz CT molecular complexity index is 298. The molecule has 0 spiro atoms. The Morgan fingerprint density at radius 1 is 1.33 bits per heavy atom. The van der Waals surface area contributed by atoms with Crippen LogP contribution in [0.4, 0.5) is 0 Å². The Morgan fingerprint density at radius 2 is 2.00 bits per heavy atom. The normalized spacial score (nSPS) is 11.9. The second-order valence-electron chi connectivity index (χ2n) is 3.65. The molecule has 1 rings (SSSR count). The van der Waals surface area contributed by atoms with Crippen LogP contribution in [-0.2, 0) is 6.42 Å². The van der Waals surface area contributed by atoms with E-state index in [1.54, 1.807) is 0 Å². The van der Waals surface area contributed by atoms with E-state index in [0.29, 0.717) is 6.04 Å². The highest BCUT2D eigenvalue weighted by Crippen LogP contribution is 2.04. The van der Waals surface area contributed by atoms with Gasteiger partial charge >= 0.3 is 0 Å². The third kappa shape index (κ3) is 4.79. The van der Waals surface area contributed by atoms with Gasteiger partial charge in [0.05, 0.1) is 0 Å². The van der Waals surface area contributed by atoms with Crippen molar-refractivity contribution in [3.63, 3.8) is 0 Å². The smallest absolute Gasteiger partial charge is 0.166 e. The Kier molecular flexibility index (Phi) is 5.12. The van der Waals surface area contributed by atoms with E-state index in [1.807, 2.05) is 13.1 Å². The lowest BCUT2D eigenvalue weighted by atomic mass is 10.1. The van der Waals surface area contributed by atoms with Crippen LogP contribution >= 0.6 is 12.2 Å². The first-order valence-electron chi connectivity index (χ1n) is 5.24. The fourth-order valence-corrected chi connectivity index (χ4v) is 1.60. The van der Waals surface area contributed by atoms with E-state index in [9.17, 15) is 0 Å². The molecular formula is C12H18N2S. The second-order valence-corrected chi connectivity index (χ2v) is 4.06. The van der Waals surface area contributed by atoms with Crippen LogP contribution in [-0.4, -0.2) is 18.2 Å². The number of hydrogen-bond donors (Lipinski definition) is 2. The van der Waals surface area contributed by atoms with Gasteiger partial charge in [-0.05, 0) is 37.5 Å². The SMILES string of the molecule is CNC(=S)N[C@@H](C)CCc1ccccc1. The van der Waals surface area contributed by atoms with Crippen LogP contribution in [0.25, 0.3) is 0 Å². The van der Waals surface area contributed by atoms with Gasteiger partial charge in [0.25, 0.3) is 0 Å². The third-order valence-electron chi connectivity index (χ3n) is 2.31. The zero-order valence-corrected chi connectivity index (χ0v) is 10.1. The monoisotopic (exact) mass is 222 g/mol. The van der Waals surface area contributed by atoms with Crippen molar-refractivity contribution in [3.05, 3.63) is 35.9 Å². The molecule has 3 heteroatoms. The highest BCUT2D eigenvalue weighted by Gasteiger charge is 2.02. The molecular weight excluding hydrogens is 204 g/mol. The summed E-state index contributed by atoms with van der Waals surface area (Å²) in [6.45, 7) is 2.15. The van der Waals surface area contributed by atoms with Crippen LogP contribution in [0.1, 0.15) is 18.9 Å². The van der Waals surface area contributed by atoms with Crippen LogP contribution in [0.2, 0.25) is 0 Å². The molecule has 0 heterocycles. The van der Waals surface area contributed by atoms with Crippen LogP contribution in [0.5, 0.6) is 0 Å². The summed E-state index contributed by atoms with van der Waals surface area (Å²) < 4.78 is 0. The first kappa shape index (κ1) is 12.0. The van der Waals surface area contributed by atoms with Gasteiger partial charge in [0.15, 0.2) is 5.11 Å². The molecule has 2 nitrogen and oxygen atoms in total. The number of thiocarbonyl (C=S) groups is 1. The summed E-state index contributed by atoms with van der Waals surface area (Å²) in [5.41, 5.74) is 1.38. The minimum absolute atomic E-state index is 0.408. The fraction of sp³-hybridized carbons (Fsp3) is 0.417. The Labute approximate surface area is 97.1 Å². The highest BCUT2D eigenvalue weighted by molar-refractivity contribution is 7.80. The van der Waals surface area contributed by atoms with Gasteiger partial charge in [0, 0.05) is 13.1 Å². The van der Waals surface area contributed by atoms with Crippen molar-refractivity contribution in [2.45, 2.75) is 25.8 Å². The molecule has 2 N–H and O–H groups in total. The molecule has 0 aliphatic carbocycles. The van der Waals surface area contributed by atoms with Crippen molar-refractivity contribution in [1.82, 2.24) is 10.6 Å². The summed E-state index contributed by atoms with van der Waals surface area (Å²) in [6.07, 6.45) is 2.17.